The number of anilines is 1. The Labute approximate surface area is 139 Å². The number of phenols is 1. The molecule has 24 heavy (non-hydrogen) atoms. The number of phenolic OH excluding ortho intramolecular Hbond substituents is 1. The quantitative estimate of drug-likeness (QED) is 0.563. The Morgan fingerprint density at radius 2 is 2.00 bits per heavy atom. The normalized spacial score (nSPS) is 13.8. The predicted octanol–water partition coefficient (Wildman–Crippen LogP) is -0.0545. The van der Waals surface area contributed by atoms with Gasteiger partial charge in [0.1, 0.15) is 5.75 Å². The Balaban J connectivity index is 1.94. The molecule has 126 valence electrons. The van der Waals surface area contributed by atoms with Crippen LogP contribution in [-0.2, 0) is 27.7 Å². The van der Waals surface area contributed by atoms with Crippen molar-refractivity contribution in [2.45, 2.75) is 17.9 Å². The van der Waals surface area contributed by atoms with Gasteiger partial charge in [-0.15, -0.1) is 0 Å². The molecule has 2 aromatic carbocycles. The van der Waals surface area contributed by atoms with E-state index in [2.05, 4.69) is 4.72 Å². The molecule has 0 atom stereocenters. The monoisotopic (exact) mass is 349 g/mol. The van der Waals surface area contributed by atoms with Crippen molar-refractivity contribution in [3.05, 3.63) is 47.5 Å². The zero-order valence-corrected chi connectivity index (χ0v) is 13.5. The van der Waals surface area contributed by atoms with Gasteiger partial charge >= 0.3 is 7.12 Å². The second-order valence-electron chi connectivity index (χ2n) is 5.45. The van der Waals surface area contributed by atoms with Crippen molar-refractivity contribution < 1.29 is 28.3 Å². The number of aromatic hydroxyl groups is 1. The first-order valence-electron chi connectivity index (χ1n) is 7.29. The van der Waals surface area contributed by atoms with Crippen LogP contribution in [0, 0.1) is 0 Å². The van der Waals surface area contributed by atoms with Crippen LogP contribution in [-0.4, -0.2) is 37.4 Å². The second-order valence-corrected chi connectivity index (χ2v) is 7.10. The fourth-order valence-electron chi connectivity index (χ4n) is 2.63. The summed E-state index contributed by atoms with van der Waals surface area (Å²) in [5.41, 5.74) is 1.93. The first kappa shape index (κ1) is 16.8. The number of sulfonamides is 1. The van der Waals surface area contributed by atoms with Gasteiger partial charge in [-0.25, -0.2) is 8.42 Å². The largest absolute Gasteiger partial charge is 0.508 e. The van der Waals surface area contributed by atoms with Gasteiger partial charge in [-0.1, -0.05) is 6.07 Å². The molecule has 0 saturated heterocycles. The third-order valence-electron chi connectivity index (χ3n) is 3.78. The molecule has 4 N–H and O–H groups in total. The van der Waals surface area contributed by atoms with Gasteiger partial charge < -0.3 is 19.9 Å². The molecular weight excluding hydrogens is 333 g/mol. The molecule has 7 nitrogen and oxygen atoms in total. The van der Waals surface area contributed by atoms with Gasteiger partial charge in [0, 0.05) is 12.3 Å². The van der Waals surface area contributed by atoms with Crippen LogP contribution in [0.3, 0.4) is 0 Å². The Kier molecular flexibility index (Phi) is 4.50. The minimum absolute atomic E-state index is 0.0216. The highest BCUT2D eigenvalue weighted by Crippen LogP contribution is 2.24. The van der Waals surface area contributed by atoms with Crippen LogP contribution in [0.15, 0.2) is 41.3 Å². The molecule has 1 aliphatic heterocycles. The summed E-state index contributed by atoms with van der Waals surface area (Å²) in [4.78, 5) is -0.0216. The van der Waals surface area contributed by atoms with Crippen LogP contribution >= 0.6 is 0 Å². The minimum Gasteiger partial charge on any atom is -0.508 e. The lowest BCUT2D eigenvalue weighted by atomic mass is 9.79. The van der Waals surface area contributed by atoms with Crippen LogP contribution in [0.5, 0.6) is 5.75 Å². The van der Waals surface area contributed by atoms with E-state index in [4.69, 9.17) is 9.76 Å². The lowest BCUT2D eigenvalue weighted by Gasteiger charge is -2.13. The zero-order chi connectivity index (χ0) is 17.3. The molecule has 0 saturated carbocycles. The van der Waals surface area contributed by atoms with Gasteiger partial charge in [0.25, 0.3) is 10.0 Å². The maximum absolute atomic E-state index is 12.6. The van der Waals surface area contributed by atoms with Gasteiger partial charge in [-0.3, -0.25) is 4.72 Å². The van der Waals surface area contributed by atoms with Crippen molar-refractivity contribution in [2.24, 2.45) is 0 Å². The number of aliphatic hydroxyl groups is 1. The van der Waals surface area contributed by atoms with E-state index in [-0.39, 0.29) is 30.3 Å². The number of aliphatic hydroxyl groups excluding tert-OH is 1. The van der Waals surface area contributed by atoms with Crippen molar-refractivity contribution in [3.8, 4) is 5.75 Å². The Bertz CT molecular complexity index is 870. The van der Waals surface area contributed by atoms with E-state index < -0.39 is 17.1 Å². The Morgan fingerprint density at radius 3 is 2.75 bits per heavy atom. The molecule has 1 heterocycles. The second kappa shape index (κ2) is 6.44. The van der Waals surface area contributed by atoms with Crippen LogP contribution in [0.2, 0.25) is 0 Å². The summed E-state index contributed by atoms with van der Waals surface area (Å²) >= 11 is 0. The van der Waals surface area contributed by atoms with Gasteiger partial charge in [0.05, 0.1) is 11.5 Å². The van der Waals surface area contributed by atoms with E-state index in [0.29, 0.717) is 16.7 Å². The Morgan fingerprint density at radius 1 is 1.21 bits per heavy atom. The van der Waals surface area contributed by atoms with Crippen LogP contribution in [0.4, 0.5) is 5.69 Å². The maximum Gasteiger partial charge on any atom is 0.491 e. The van der Waals surface area contributed by atoms with Gasteiger partial charge in [-0.2, -0.15) is 0 Å². The Hall–Kier alpha value is -2.07. The van der Waals surface area contributed by atoms with E-state index in [9.17, 15) is 18.5 Å². The molecule has 1 aliphatic rings. The molecular formula is C15H16BNO6S. The van der Waals surface area contributed by atoms with Crippen molar-refractivity contribution in [1.29, 1.82) is 0 Å². The molecule has 3 rings (SSSR count). The van der Waals surface area contributed by atoms with E-state index in [1.165, 1.54) is 24.3 Å². The molecule has 0 amide bonds. The average molecular weight is 349 g/mol. The summed E-state index contributed by atoms with van der Waals surface area (Å²) in [6, 6.07) is 8.67. The number of benzene rings is 2. The van der Waals surface area contributed by atoms with Crippen molar-refractivity contribution in [3.63, 3.8) is 0 Å². The van der Waals surface area contributed by atoms with E-state index >= 15 is 0 Å². The molecule has 0 bridgehead atoms. The van der Waals surface area contributed by atoms with E-state index in [0.717, 1.165) is 5.56 Å². The number of hydrogen-bond donors (Lipinski definition) is 4. The first-order valence-corrected chi connectivity index (χ1v) is 8.77. The molecule has 0 radical (unpaired) electrons. The average Bonchev–Trinajstić information content (AvgIpc) is 2.88. The molecule has 0 spiro atoms. The molecule has 2 aromatic rings. The van der Waals surface area contributed by atoms with Gasteiger partial charge in [0.15, 0.2) is 0 Å². The third kappa shape index (κ3) is 3.24. The molecule has 0 unspecified atom stereocenters. The summed E-state index contributed by atoms with van der Waals surface area (Å²) < 4.78 is 32.8. The summed E-state index contributed by atoms with van der Waals surface area (Å²) in [5, 5.41) is 28.3. The number of nitrogens with one attached hydrogen (secondary N) is 1. The topological polar surface area (TPSA) is 116 Å². The fraction of sp³-hybridized carbons (Fsp3) is 0.200. The molecule has 0 fully saturated rings. The highest BCUT2D eigenvalue weighted by Gasteiger charge is 2.28. The number of rotatable bonds is 5. The smallest absolute Gasteiger partial charge is 0.491 e. The fourth-order valence-corrected chi connectivity index (χ4v) is 3.93. The van der Waals surface area contributed by atoms with Crippen molar-refractivity contribution in [1.82, 2.24) is 0 Å². The van der Waals surface area contributed by atoms with Crippen LogP contribution in [0.25, 0.3) is 0 Å². The SMILES string of the molecule is O=S(=O)(Nc1ccc2c(c1)B(O)OC2)c1ccc(O)cc1CCO. The predicted molar refractivity (Wildman–Crippen MR) is 88.5 cm³/mol. The number of fused-ring (bicyclic) bond motifs is 1. The van der Waals surface area contributed by atoms with Crippen LogP contribution in [0.1, 0.15) is 11.1 Å². The standard InChI is InChI=1S/C15H16BNO6S/c18-6-5-10-7-13(19)3-4-15(10)24(21,22)17-12-2-1-11-9-23-16(20)14(11)8-12/h1-4,7-8,17-20H,5-6,9H2. The summed E-state index contributed by atoms with van der Waals surface area (Å²) in [6.07, 6.45) is 0.0986. The third-order valence-corrected chi connectivity index (χ3v) is 5.26. The summed E-state index contributed by atoms with van der Waals surface area (Å²) in [5.74, 6) is -0.0739. The maximum atomic E-state index is 12.6. The number of hydrogen-bond acceptors (Lipinski definition) is 6. The summed E-state index contributed by atoms with van der Waals surface area (Å²) in [6.45, 7) is 0.0382. The lowest BCUT2D eigenvalue weighted by molar-refractivity contribution is 0.275. The highest BCUT2D eigenvalue weighted by atomic mass is 32.2. The molecule has 0 aromatic heterocycles. The highest BCUT2D eigenvalue weighted by molar-refractivity contribution is 7.92. The molecule has 9 heteroatoms. The van der Waals surface area contributed by atoms with Gasteiger partial charge in [0.2, 0.25) is 0 Å². The van der Waals surface area contributed by atoms with Crippen molar-refractivity contribution in [2.75, 3.05) is 11.3 Å². The molecule has 0 aliphatic carbocycles. The minimum atomic E-state index is -3.91. The van der Waals surface area contributed by atoms with Crippen molar-refractivity contribution >= 4 is 28.3 Å². The van der Waals surface area contributed by atoms with E-state index in [1.54, 1.807) is 12.1 Å². The lowest BCUT2D eigenvalue weighted by Crippen LogP contribution is -2.28. The summed E-state index contributed by atoms with van der Waals surface area (Å²) in [7, 11) is -4.98. The van der Waals surface area contributed by atoms with E-state index in [1.807, 2.05) is 0 Å². The first-order chi connectivity index (χ1) is 11.4. The van der Waals surface area contributed by atoms with Gasteiger partial charge in [-0.05, 0) is 53.3 Å². The zero-order valence-electron chi connectivity index (χ0n) is 12.6. The van der Waals surface area contributed by atoms with Crippen LogP contribution < -0.4 is 10.2 Å².